The first-order chi connectivity index (χ1) is 13.5. The maximum atomic E-state index is 12.7. The fourth-order valence-electron chi connectivity index (χ4n) is 3.63. The van der Waals surface area contributed by atoms with E-state index in [9.17, 15) is 4.79 Å². The minimum Gasteiger partial charge on any atom is -0.351 e. The van der Waals surface area contributed by atoms with Crippen LogP contribution >= 0.6 is 35.0 Å². The van der Waals surface area contributed by atoms with Gasteiger partial charge in [0.1, 0.15) is 0 Å². The summed E-state index contributed by atoms with van der Waals surface area (Å²) in [5.41, 5.74) is 1.66. The number of likely N-dealkylation sites (tertiary alicyclic amines) is 1. The van der Waals surface area contributed by atoms with Crippen LogP contribution in [0.5, 0.6) is 0 Å². The number of piperidine rings is 1. The van der Waals surface area contributed by atoms with Gasteiger partial charge < -0.3 is 10.2 Å². The largest absolute Gasteiger partial charge is 0.351 e. The standard InChI is InChI=1S/C21H27Cl2N3OS/c1-14-6-3-4-10-26(14)11-5-9-24-21(27)20-15(2)25-13-19(28-20)17-8-7-16(22)12-18(17)23/h7-8,12-14,19H,3-6,9-11H2,1-2H3,(H,24,27). The lowest BCUT2D eigenvalue weighted by atomic mass is 10.0. The van der Waals surface area contributed by atoms with E-state index in [1.165, 1.54) is 37.6 Å². The van der Waals surface area contributed by atoms with E-state index in [2.05, 4.69) is 22.1 Å². The van der Waals surface area contributed by atoms with Crippen molar-refractivity contribution in [1.82, 2.24) is 10.2 Å². The van der Waals surface area contributed by atoms with E-state index < -0.39 is 0 Å². The number of amides is 1. The molecule has 28 heavy (non-hydrogen) atoms. The van der Waals surface area contributed by atoms with E-state index in [4.69, 9.17) is 23.2 Å². The monoisotopic (exact) mass is 439 g/mol. The van der Waals surface area contributed by atoms with Crippen molar-refractivity contribution >= 4 is 47.1 Å². The van der Waals surface area contributed by atoms with Gasteiger partial charge in [0.05, 0.1) is 15.9 Å². The number of benzene rings is 1. The average molecular weight is 440 g/mol. The zero-order chi connectivity index (χ0) is 20.1. The van der Waals surface area contributed by atoms with E-state index >= 15 is 0 Å². The van der Waals surface area contributed by atoms with E-state index in [0.717, 1.165) is 24.2 Å². The number of rotatable bonds is 6. The first-order valence-electron chi connectivity index (χ1n) is 9.84. The molecule has 1 N–H and O–H groups in total. The Kier molecular flexibility index (Phi) is 7.86. The molecule has 0 saturated carbocycles. The number of nitrogens with one attached hydrogen (secondary N) is 1. The highest BCUT2D eigenvalue weighted by Crippen LogP contribution is 2.41. The molecule has 1 fully saturated rings. The van der Waals surface area contributed by atoms with Crippen molar-refractivity contribution < 1.29 is 4.79 Å². The van der Waals surface area contributed by atoms with Crippen molar-refractivity contribution in [2.75, 3.05) is 19.6 Å². The first-order valence-corrected chi connectivity index (χ1v) is 11.5. The summed E-state index contributed by atoms with van der Waals surface area (Å²) < 4.78 is 0. The Bertz CT molecular complexity index is 781. The maximum Gasteiger partial charge on any atom is 0.259 e. The highest BCUT2D eigenvalue weighted by Gasteiger charge is 2.25. The SMILES string of the molecule is CC1=C(C(=O)NCCCN2CCCCC2C)SC(c2ccc(Cl)cc2Cl)C=N1. The van der Waals surface area contributed by atoms with Crippen LogP contribution in [0.25, 0.3) is 0 Å². The molecule has 2 aliphatic rings. The highest BCUT2D eigenvalue weighted by atomic mass is 35.5. The molecule has 2 unspecified atom stereocenters. The second-order valence-corrected chi connectivity index (χ2v) is 9.38. The van der Waals surface area contributed by atoms with Crippen LogP contribution < -0.4 is 5.32 Å². The number of hydrogen-bond acceptors (Lipinski definition) is 4. The van der Waals surface area contributed by atoms with Gasteiger partial charge in [-0.25, -0.2) is 0 Å². The smallest absolute Gasteiger partial charge is 0.259 e. The van der Waals surface area contributed by atoms with Gasteiger partial charge in [-0.05, 0) is 57.4 Å². The second kappa shape index (κ2) is 10.1. The first kappa shape index (κ1) is 21.7. The molecule has 7 heteroatoms. The van der Waals surface area contributed by atoms with Crippen molar-refractivity contribution in [3.05, 3.63) is 44.4 Å². The van der Waals surface area contributed by atoms with Gasteiger partial charge >= 0.3 is 0 Å². The Morgan fingerprint density at radius 3 is 2.93 bits per heavy atom. The van der Waals surface area contributed by atoms with Gasteiger partial charge in [-0.3, -0.25) is 9.79 Å². The third kappa shape index (κ3) is 5.53. The summed E-state index contributed by atoms with van der Waals surface area (Å²) in [7, 11) is 0. The maximum absolute atomic E-state index is 12.7. The van der Waals surface area contributed by atoms with Crippen molar-refractivity contribution in [3.8, 4) is 0 Å². The van der Waals surface area contributed by atoms with Gasteiger partial charge in [-0.15, -0.1) is 11.8 Å². The summed E-state index contributed by atoms with van der Waals surface area (Å²) in [6.07, 6.45) is 6.69. The minimum atomic E-state index is -0.0941. The molecule has 2 heterocycles. The van der Waals surface area contributed by atoms with Crippen molar-refractivity contribution in [3.63, 3.8) is 0 Å². The molecule has 0 spiro atoms. The van der Waals surface area contributed by atoms with Gasteiger partial charge in [0.15, 0.2) is 0 Å². The molecular formula is C21H27Cl2N3OS. The van der Waals surface area contributed by atoms with Gasteiger partial charge in [0.2, 0.25) is 0 Å². The van der Waals surface area contributed by atoms with Crippen LogP contribution in [-0.2, 0) is 4.79 Å². The number of carbonyl (C=O) groups is 1. The van der Waals surface area contributed by atoms with Crippen LogP contribution in [0.2, 0.25) is 10.0 Å². The predicted molar refractivity (Wildman–Crippen MR) is 120 cm³/mol. The fourth-order valence-corrected chi connectivity index (χ4v) is 5.33. The summed E-state index contributed by atoms with van der Waals surface area (Å²) >= 11 is 13.8. The Labute approximate surface area is 181 Å². The van der Waals surface area contributed by atoms with Crippen LogP contribution in [0.3, 0.4) is 0 Å². The fraction of sp³-hybridized carbons (Fsp3) is 0.524. The molecule has 0 radical (unpaired) electrons. The second-order valence-electron chi connectivity index (χ2n) is 7.39. The van der Waals surface area contributed by atoms with Crippen molar-refractivity contribution in [2.24, 2.45) is 4.99 Å². The normalized spacial score (nSPS) is 23.1. The quantitative estimate of drug-likeness (QED) is 0.597. The highest BCUT2D eigenvalue weighted by molar-refractivity contribution is 8.04. The van der Waals surface area contributed by atoms with Gasteiger partial charge in [-0.1, -0.05) is 35.7 Å². The number of thioether (sulfide) groups is 1. The zero-order valence-electron chi connectivity index (χ0n) is 16.4. The molecule has 0 bridgehead atoms. The summed E-state index contributed by atoms with van der Waals surface area (Å²) in [6.45, 7) is 7.05. The summed E-state index contributed by atoms with van der Waals surface area (Å²) in [5, 5.41) is 4.15. The average Bonchev–Trinajstić information content (AvgIpc) is 2.67. The Balaban J connectivity index is 1.53. The van der Waals surface area contributed by atoms with Crippen LogP contribution in [0.15, 0.2) is 33.8 Å². The Morgan fingerprint density at radius 1 is 1.36 bits per heavy atom. The van der Waals surface area contributed by atoms with Crippen LogP contribution in [0.4, 0.5) is 0 Å². The molecule has 1 saturated heterocycles. The summed E-state index contributed by atoms with van der Waals surface area (Å²) in [5.74, 6) is -0.0545. The van der Waals surface area contributed by atoms with Gasteiger partial charge in [0, 0.05) is 35.4 Å². The lowest BCUT2D eigenvalue weighted by molar-refractivity contribution is -0.116. The Hall–Kier alpha value is -1.01. The van der Waals surface area contributed by atoms with Gasteiger partial charge in [0.25, 0.3) is 5.91 Å². The van der Waals surface area contributed by atoms with E-state index in [1.54, 1.807) is 6.07 Å². The molecule has 1 aromatic carbocycles. The van der Waals surface area contributed by atoms with E-state index in [0.29, 0.717) is 27.5 Å². The molecule has 0 aliphatic carbocycles. The summed E-state index contributed by atoms with van der Waals surface area (Å²) in [6, 6.07) is 6.08. The minimum absolute atomic E-state index is 0.0545. The molecular weight excluding hydrogens is 413 g/mol. The number of carbonyl (C=O) groups excluding carboxylic acids is 1. The Morgan fingerprint density at radius 2 is 2.18 bits per heavy atom. The number of allylic oxidation sites excluding steroid dienone is 1. The van der Waals surface area contributed by atoms with Gasteiger partial charge in [-0.2, -0.15) is 0 Å². The zero-order valence-corrected chi connectivity index (χ0v) is 18.7. The van der Waals surface area contributed by atoms with Crippen molar-refractivity contribution in [1.29, 1.82) is 0 Å². The van der Waals surface area contributed by atoms with Crippen LogP contribution in [0.1, 0.15) is 50.3 Å². The topological polar surface area (TPSA) is 44.7 Å². The number of nitrogens with zero attached hydrogens (tertiary/aromatic N) is 2. The number of aliphatic imine (C=N–C) groups is 1. The molecule has 0 aromatic heterocycles. The van der Waals surface area contributed by atoms with Crippen molar-refractivity contribution in [2.45, 2.75) is 50.8 Å². The molecule has 152 valence electrons. The van der Waals surface area contributed by atoms with Crippen LogP contribution in [0, 0.1) is 0 Å². The third-order valence-corrected chi connectivity index (χ3v) is 7.21. The molecule has 2 atom stereocenters. The number of halogens is 2. The van der Waals surface area contributed by atoms with E-state index in [-0.39, 0.29) is 11.2 Å². The predicted octanol–water partition coefficient (Wildman–Crippen LogP) is 5.46. The lowest BCUT2D eigenvalue weighted by Gasteiger charge is -2.33. The van der Waals surface area contributed by atoms with Crippen LogP contribution in [-0.4, -0.2) is 42.7 Å². The van der Waals surface area contributed by atoms with E-state index in [1.807, 2.05) is 25.3 Å². The number of hydrogen-bond donors (Lipinski definition) is 1. The molecule has 3 rings (SSSR count). The lowest BCUT2D eigenvalue weighted by Crippen LogP contribution is -2.39. The molecule has 1 aromatic rings. The third-order valence-electron chi connectivity index (χ3n) is 5.30. The molecule has 4 nitrogen and oxygen atoms in total. The summed E-state index contributed by atoms with van der Waals surface area (Å²) in [4.78, 5) is 20.3. The molecule has 2 aliphatic heterocycles. The molecule has 1 amide bonds.